The third kappa shape index (κ3) is 3.94. The van der Waals surface area contributed by atoms with Gasteiger partial charge in [0, 0.05) is 31.9 Å². The Balaban J connectivity index is 2.09. The molecule has 0 aromatic carbocycles. The van der Waals surface area contributed by atoms with Crippen LogP contribution in [0.25, 0.3) is 0 Å². The number of aromatic nitrogens is 1. The molecule has 1 atom stereocenters. The van der Waals surface area contributed by atoms with Crippen LogP contribution in [0.5, 0.6) is 0 Å². The number of piperazine rings is 1. The highest BCUT2D eigenvalue weighted by Crippen LogP contribution is 2.28. The minimum absolute atomic E-state index is 0.00793. The Morgan fingerprint density at radius 1 is 1.38 bits per heavy atom. The lowest BCUT2D eigenvalue weighted by Crippen LogP contribution is -2.59. The zero-order valence-electron chi connectivity index (χ0n) is 13.3. The maximum Gasteiger partial charge on any atom is 0.407 e. The highest BCUT2D eigenvalue weighted by Gasteiger charge is 2.37. The van der Waals surface area contributed by atoms with Crippen molar-refractivity contribution in [2.75, 3.05) is 19.6 Å². The normalized spacial score (nSPS) is 20.6. The Kier molecular flexibility index (Phi) is 4.52. The molecular formula is C16H25N3O2. The van der Waals surface area contributed by atoms with Crippen molar-refractivity contribution in [1.82, 2.24) is 14.8 Å². The molecule has 2 heterocycles. The summed E-state index contributed by atoms with van der Waals surface area (Å²) < 4.78 is 0. The number of pyridine rings is 1. The number of carboxylic acid groups (broad SMARTS) is 1. The molecule has 5 nitrogen and oxygen atoms in total. The lowest BCUT2D eigenvalue weighted by molar-refractivity contribution is 0.0186. The highest BCUT2D eigenvalue weighted by molar-refractivity contribution is 5.65. The molecule has 1 fully saturated rings. The van der Waals surface area contributed by atoms with Gasteiger partial charge in [-0.25, -0.2) is 4.79 Å². The number of hydrogen-bond donors (Lipinski definition) is 1. The third-order valence-corrected chi connectivity index (χ3v) is 4.04. The SMILES string of the molecule is Cc1cccc(CN2CCN(C(=O)O)C(C(C)(C)C)C2)n1. The number of nitrogens with zero attached hydrogens (tertiary/aromatic N) is 3. The van der Waals surface area contributed by atoms with Gasteiger partial charge >= 0.3 is 6.09 Å². The van der Waals surface area contributed by atoms with Crippen molar-refractivity contribution < 1.29 is 9.90 Å². The first-order valence-electron chi connectivity index (χ1n) is 7.42. The van der Waals surface area contributed by atoms with E-state index in [1.807, 2.05) is 25.1 Å². The molecule has 0 radical (unpaired) electrons. The van der Waals surface area contributed by atoms with Crippen molar-refractivity contribution in [3.05, 3.63) is 29.6 Å². The summed E-state index contributed by atoms with van der Waals surface area (Å²) in [6.45, 7) is 11.1. The van der Waals surface area contributed by atoms with Crippen LogP contribution in [0.3, 0.4) is 0 Å². The van der Waals surface area contributed by atoms with Gasteiger partial charge in [-0.3, -0.25) is 9.88 Å². The molecule has 21 heavy (non-hydrogen) atoms. The Morgan fingerprint density at radius 3 is 2.67 bits per heavy atom. The molecule has 0 bridgehead atoms. The van der Waals surface area contributed by atoms with Gasteiger partial charge in [0.15, 0.2) is 0 Å². The molecule has 1 aliphatic rings. The molecule has 1 aromatic rings. The smallest absolute Gasteiger partial charge is 0.407 e. The molecule has 1 unspecified atom stereocenters. The average Bonchev–Trinajstić information content (AvgIpc) is 2.37. The molecular weight excluding hydrogens is 266 g/mol. The lowest BCUT2D eigenvalue weighted by atomic mass is 9.84. The van der Waals surface area contributed by atoms with Gasteiger partial charge in [-0.1, -0.05) is 26.8 Å². The van der Waals surface area contributed by atoms with Gasteiger partial charge in [0.1, 0.15) is 0 Å². The van der Waals surface area contributed by atoms with Crippen LogP contribution >= 0.6 is 0 Å². The fraction of sp³-hybridized carbons (Fsp3) is 0.625. The molecule has 1 N–H and O–H groups in total. The summed E-state index contributed by atoms with van der Waals surface area (Å²) in [6, 6.07) is 6.05. The van der Waals surface area contributed by atoms with E-state index in [0.717, 1.165) is 31.0 Å². The first kappa shape index (κ1) is 15.8. The van der Waals surface area contributed by atoms with Gasteiger partial charge < -0.3 is 10.0 Å². The molecule has 2 rings (SSSR count). The van der Waals surface area contributed by atoms with Crippen LogP contribution in [-0.4, -0.2) is 51.7 Å². The van der Waals surface area contributed by atoms with Crippen LogP contribution in [0.1, 0.15) is 32.2 Å². The van der Waals surface area contributed by atoms with Crippen LogP contribution in [0.2, 0.25) is 0 Å². The first-order valence-corrected chi connectivity index (χ1v) is 7.42. The van der Waals surface area contributed by atoms with Gasteiger partial charge in [-0.05, 0) is 24.5 Å². The van der Waals surface area contributed by atoms with E-state index in [0.29, 0.717) is 6.54 Å². The van der Waals surface area contributed by atoms with Gasteiger partial charge in [0.25, 0.3) is 0 Å². The van der Waals surface area contributed by atoms with Gasteiger partial charge in [-0.2, -0.15) is 0 Å². The van der Waals surface area contributed by atoms with Crippen molar-refractivity contribution in [1.29, 1.82) is 0 Å². The van der Waals surface area contributed by atoms with Crippen LogP contribution in [-0.2, 0) is 6.54 Å². The third-order valence-electron chi connectivity index (χ3n) is 4.04. The zero-order chi connectivity index (χ0) is 15.6. The van der Waals surface area contributed by atoms with Crippen molar-refractivity contribution in [3.63, 3.8) is 0 Å². The predicted octanol–water partition coefficient (Wildman–Crippen LogP) is 2.60. The summed E-state index contributed by atoms with van der Waals surface area (Å²) in [4.78, 5) is 19.8. The summed E-state index contributed by atoms with van der Waals surface area (Å²) in [6.07, 6.45) is -0.816. The number of hydrogen-bond acceptors (Lipinski definition) is 3. The Morgan fingerprint density at radius 2 is 2.10 bits per heavy atom. The molecule has 0 spiro atoms. The second kappa shape index (κ2) is 6.02. The summed E-state index contributed by atoms with van der Waals surface area (Å²) in [5.74, 6) is 0. The van der Waals surface area contributed by atoms with Gasteiger partial charge in [0.05, 0.1) is 11.7 Å². The topological polar surface area (TPSA) is 56.7 Å². The van der Waals surface area contributed by atoms with Crippen molar-refractivity contribution in [2.45, 2.75) is 40.3 Å². The maximum atomic E-state index is 11.4. The standard InChI is InChI=1S/C16H25N3O2/c1-12-6-5-7-13(17-12)10-18-8-9-19(15(20)21)14(11-18)16(2,3)4/h5-7,14H,8-11H2,1-4H3,(H,20,21). The Bertz CT molecular complexity index is 510. The van der Waals surface area contributed by atoms with Crippen molar-refractivity contribution in [2.24, 2.45) is 5.41 Å². The van der Waals surface area contributed by atoms with Crippen LogP contribution in [0.4, 0.5) is 4.79 Å². The van der Waals surface area contributed by atoms with E-state index >= 15 is 0 Å². The highest BCUT2D eigenvalue weighted by atomic mass is 16.4. The first-order chi connectivity index (χ1) is 9.77. The summed E-state index contributed by atoms with van der Waals surface area (Å²) in [5.41, 5.74) is 1.99. The second-order valence-electron chi connectivity index (χ2n) is 6.86. The fourth-order valence-electron chi connectivity index (χ4n) is 2.87. The molecule has 116 valence electrons. The monoisotopic (exact) mass is 291 g/mol. The van der Waals surface area contributed by atoms with E-state index in [2.05, 4.69) is 30.7 Å². The fourth-order valence-corrected chi connectivity index (χ4v) is 2.87. The zero-order valence-corrected chi connectivity index (χ0v) is 13.3. The average molecular weight is 291 g/mol. The molecule has 1 aromatic heterocycles. The van der Waals surface area contributed by atoms with Crippen LogP contribution < -0.4 is 0 Å². The Labute approximate surface area is 126 Å². The number of carbonyl (C=O) groups is 1. The second-order valence-corrected chi connectivity index (χ2v) is 6.86. The van der Waals surface area contributed by atoms with Gasteiger partial charge in [-0.15, -0.1) is 0 Å². The number of aryl methyl sites for hydroxylation is 1. The molecule has 0 saturated carbocycles. The molecule has 5 heteroatoms. The van der Waals surface area contributed by atoms with E-state index in [9.17, 15) is 9.90 Å². The lowest BCUT2D eigenvalue weighted by Gasteiger charge is -2.45. The summed E-state index contributed by atoms with van der Waals surface area (Å²) >= 11 is 0. The van der Waals surface area contributed by atoms with Crippen molar-refractivity contribution in [3.8, 4) is 0 Å². The van der Waals surface area contributed by atoms with E-state index < -0.39 is 6.09 Å². The number of rotatable bonds is 2. The van der Waals surface area contributed by atoms with Crippen LogP contribution in [0.15, 0.2) is 18.2 Å². The maximum absolute atomic E-state index is 11.4. The quantitative estimate of drug-likeness (QED) is 0.910. The largest absolute Gasteiger partial charge is 0.465 e. The minimum Gasteiger partial charge on any atom is -0.465 e. The van der Waals surface area contributed by atoms with E-state index in [4.69, 9.17) is 0 Å². The van der Waals surface area contributed by atoms with E-state index in [1.54, 1.807) is 4.90 Å². The number of amides is 1. The summed E-state index contributed by atoms with van der Waals surface area (Å²) in [5, 5.41) is 9.38. The predicted molar refractivity (Wildman–Crippen MR) is 82.2 cm³/mol. The molecule has 0 aliphatic carbocycles. The minimum atomic E-state index is -0.816. The van der Waals surface area contributed by atoms with Crippen LogP contribution in [0, 0.1) is 12.3 Å². The molecule has 1 saturated heterocycles. The summed E-state index contributed by atoms with van der Waals surface area (Å²) in [7, 11) is 0. The van der Waals surface area contributed by atoms with Crippen molar-refractivity contribution >= 4 is 6.09 Å². The van der Waals surface area contributed by atoms with E-state index in [1.165, 1.54) is 0 Å². The van der Waals surface area contributed by atoms with E-state index in [-0.39, 0.29) is 11.5 Å². The molecule has 1 aliphatic heterocycles. The molecule has 1 amide bonds. The van der Waals surface area contributed by atoms with Gasteiger partial charge in [0.2, 0.25) is 0 Å². The Hall–Kier alpha value is -1.62.